The molecule has 3 nitrogen and oxygen atoms in total. The van der Waals surface area contributed by atoms with Crippen molar-refractivity contribution in [3.63, 3.8) is 0 Å². The maximum Gasteiger partial charge on any atom is 0.127 e. The summed E-state index contributed by atoms with van der Waals surface area (Å²) in [6, 6.07) is 0. The maximum absolute atomic E-state index is 5.47. The average molecular weight is 139 g/mol. The minimum atomic E-state index is 0.426. The lowest BCUT2D eigenvalue weighted by Gasteiger charge is -2.00. The van der Waals surface area contributed by atoms with Crippen molar-refractivity contribution in [2.24, 2.45) is 16.5 Å². The third kappa shape index (κ3) is 2.35. The number of hydrogen-bond acceptors (Lipinski definition) is 2. The molecule has 0 aliphatic rings. The Morgan fingerprint density at radius 1 is 1.40 bits per heavy atom. The highest BCUT2D eigenvalue weighted by Crippen LogP contribution is 1.96. The van der Waals surface area contributed by atoms with Crippen LogP contribution in [0.3, 0.4) is 0 Å². The Morgan fingerprint density at radius 2 is 1.90 bits per heavy atom. The second-order valence-electron chi connectivity index (χ2n) is 2.00. The molecule has 0 saturated heterocycles. The highest BCUT2D eigenvalue weighted by molar-refractivity contribution is 5.97. The molecule has 0 fully saturated rings. The molecule has 0 aliphatic carbocycles. The van der Waals surface area contributed by atoms with Crippen LogP contribution >= 0.6 is 0 Å². The largest absolute Gasteiger partial charge is 0.402 e. The molecule has 0 heterocycles. The first-order valence-corrected chi connectivity index (χ1v) is 2.97. The van der Waals surface area contributed by atoms with Gasteiger partial charge in [-0.25, -0.2) is 4.99 Å². The van der Waals surface area contributed by atoms with Gasteiger partial charge in [0, 0.05) is 17.5 Å². The molecule has 0 aliphatic heterocycles. The van der Waals surface area contributed by atoms with Crippen molar-refractivity contribution in [3.05, 3.63) is 24.0 Å². The maximum atomic E-state index is 5.47. The summed E-state index contributed by atoms with van der Waals surface area (Å²) in [6.07, 6.45) is 1.39. The third-order valence-electron chi connectivity index (χ3n) is 1.21. The number of nitrogens with two attached hydrogens (primary N) is 2. The molecule has 10 heavy (non-hydrogen) atoms. The van der Waals surface area contributed by atoms with Gasteiger partial charge in [0.15, 0.2) is 0 Å². The van der Waals surface area contributed by atoms with Gasteiger partial charge in [-0.3, -0.25) is 0 Å². The van der Waals surface area contributed by atoms with Crippen molar-refractivity contribution < 1.29 is 0 Å². The minimum absolute atomic E-state index is 0.426. The Labute approximate surface area is 61.1 Å². The van der Waals surface area contributed by atoms with Gasteiger partial charge < -0.3 is 11.5 Å². The van der Waals surface area contributed by atoms with Crippen molar-refractivity contribution in [2.45, 2.75) is 13.8 Å². The summed E-state index contributed by atoms with van der Waals surface area (Å²) in [7, 11) is 0. The van der Waals surface area contributed by atoms with Gasteiger partial charge in [-0.15, -0.1) is 0 Å². The van der Waals surface area contributed by atoms with Gasteiger partial charge in [0.2, 0.25) is 0 Å². The van der Waals surface area contributed by atoms with E-state index in [0.29, 0.717) is 11.5 Å². The van der Waals surface area contributed by atoms with Gasteiger partial charge in [-0.1, -0.05) is 6.58 Å². The van der Waals surface area contributed by atoms with E-state index in [-0.39, 0.29) is 0 Å². The van der Waals surface area contributed by atoms with E-state index in [1.807, 2.05) is 6.92 Å². The lowest BCUT2D eigenvalue weighted by Crippen LogP contribution is -2.15. The van der Waals surface area contributed by atoms with Crippen LogP contribution in [0.4, 0.5) is 0 Å². The molecule has 0 unspecified atom stereocenters. The molecule has 0 aromatic rings. The standard InChI is InChI=1S/C7H13N3/c1-4-10-7(9)5(2)6(3)8/h4H,1,8H2,2-3H3,(H2,9,10)/b6-5-. The number of amidine groups is 1. The van der Waals surface area contributed by atoms with E-state index in [0.717, 1.165) is 5.57 Å². The zero-order valence-corrected chi connectivity index (χ0v) is 6.39. The predicted octanol–water partition coefficient (Wildman–Crippen LogP) is 0.740. The van der Waals surface area contributed by atoms with Gasteiger partial charge in [-0.2, -0.15) is 0 Å². The Hall–Kier alpha value is -1.25. The second kappa shape index (κ2) is 3.71. The lowest BCUT2D eigenvalue weighted by atomic mass is 10.2. The summed E-state index contributed by atoms with van der Waals surface area (Å²) in [5, 5.41) is 0. The van der Waals surface area contributed by atoms with Gasteiger partial charge in [0.05, 0.1) is 0 Å². The summed E-state index contributed by atoms with van der Waals surface area (Å²) in [5.74, 6) is 0.426. The SMILES string of the molecule is C=CN=C(N)/C(C)=C(/C)N. The first-order chi connectivity index (χ1) is 4.59. The Morgan fingerprint density at radius 3 is 2.20 bits per heavy atom. The fourth-order valence-corrected chi connectivity index (χ4v) is 0.397. The zero-order chi connectivity index (χ0) is 8.15. The van der Waals surface area contributed by atoms with E-state index in [4.69, 9.17) is 11.5 Å². The molecule has 0 atom stereocenters. The summed E-state index contributed by atoms with van der Waals surface area (Å²) >= 11 is 0. The first kappa shape index (κ1) is 8.75. The average Bonchev–Trinajstić information content (AvgIpc) is 1.87. The van der Waals surface area contributed by atoms with Crippen LogP contribution in [0.2, 0.25) is 0 Å². The van der Waals surface area contributed by atoms with Crippen molar-refractivity contribution in [3.8, 4) is 0 Å². The van der Waals surface area contributed by atoms with Crippen LogP contribution in [0, 0.1) is 0 Å². The highest BCUT2D eigenvalue weighted by Gasteiger charge is 1.95. The summed E-state index contributed by atoms with van der Waals surface area (Å²) in [5.41, 5.74) is 12.4. The molecule has 0 amide bonds. The van der Waals surface area contributed by atoms with Crippen LogP contribution in [0.25, 0.3) is 0 Å². The van der Waals surface area contributed by atoms with Gasteiger partial charge in [-0.05, 0) is 13.8 Å². The van der Waals surface area contributed by atoms with Crippen molar-refractivity contribution in [2.75, 3.05) is 0 Å². The molecule has 4 N–H and O–H groups in total. The molecular weight excluding hydrogens is 126 g/mol. The molecule has 0 aromatic heterocycles. The third-order valence-corrected chi connectivity index (χ3v) is 1.21. The summed E-state index contributed by atoms with van der Waals surface area (Å²) in [4.78, 5) is 3.77. The van der Waals surface area contributed by atoms with E-state index in [1.54, 1.807) is 6.92 Å². The zero-order valence-electron chi connectivity index (χ0n) is 6.39. The van der Waals surface area contributed by atoms with Gasteiger partial charge >= 0.3 is 0 Å². The molecule has 0 spiro atoms. The van der Waals surface area contributed by atoms with Crippen molar-refractivity contribution in [1.29, 1.82) is 0 Å². The van der Waals surface area contributed by atoms with Crippen molar-refractivity contribution in [1.82, 2.24) is 0 Å². The van der Waals surface area contributed by atoms with E-state index < -0.39 is 0 Å². The van der Waals surface area contributed by atoms with Crippen LogP contribution in [-0.4, -0.2) is 5.84 Å². The van der Waals surface area contributed by atoms with Gasteiger partial charge in [0.1, 0.15) is 5.84 Å². The van der Waals surface area contributed by atoms with Crippen LogP contribution in [0.1, 0.15) is 13.8 Å². The Balaban J connectivity index is 4.51. The Kier molecular flexibility index (Phi) is 3.25. The molecule has 0 rings (SSSR count). The number of nitrogens with zero attached hydrogens (tertiary/aromatic N) is 1. The molecule has 0 aromatic carbocycles. The topological polar surface area (TPSA) is 64.4 Å². The van der Waals surface area contributed by atoms with Crippen molar-refractivity contribution >= 4 is 5.84 Å². The second-order valence-corrected chi connectivity index (χ2v) is 2.00. The normalized spacial score (nSPS) is 14.4. The smallest absolute Gasteiger partial charge is 0.127 e. The summed E-state index contributed by atoms with van der Waals surface area (Å²) < 4.78 is 0. The number of hydrogen-bond donors (Lipinski definition) is 2. The fourth-order valence-electron chi connectivity index (χ4n) is 0.397. The van der Waals surface area contributed by atoms with E-state index in [2.05, 4.69) is 11.6 Å². The molecule has 56 valence electrons. The van der Waals surface area contributed by atoms with Crippen LogP contribution in [0.15, 0.2) is 29.0 Å². The van der Waals surface area contributed by atoms with E-state index in [1.165, 1.54) is 6.20 Å². The number of allylic oxidation sites excluding steroid dienone is 1. The quantitative estimate of drug-likeness (QED) is 0.437. The molecular formula is C7H13N3. The number of aliphatic imine (C=N–C) groups is 1. The Bertz CT molecular complexity index is 185. The fraction of sp³-hybridized carbons (Fsp3) is 0.286. The molecule has 0 radical (unpaired) electrons. The minimum Gasteiger partial charge on any atom is -0.402 e. The number of rotatable bonds is 2. The monoisotopic (exact) mass is 139 g/mol. The van der Waals surface area contributed by atoms with Gasteiger partial charge in [0.25, 0.3) is 0 Å². The summed E-state index contributed by atoms with van der Waals surface area (Å²) in [6.45, 7) is 7.01. The highest BCUT2D eigenvalue weighted by atomic mass is 14.8. The molecule has 0 saturated carbocycles. The van der Waals surface area contributed by atoms with E-state index in [9.17, 15) is 0 Å². The molecule has 0 bridgehead atoms. The predicted molar refractivity (Wildman–Crippen MR) is 44.4 cm³/mol. The first-order valence-electron chi connectivity index (χ1n) is 2.97. The van der Waals surface area contributed by atoms with E-state index >= 15 is 0 Å². The lowest BCUT2D eigenvalue weighted by molar-refractivity contribution is 1.24. The van der Waals surface area contributed by atoms with Crippen LogP contribution in [0.5, 0.6) is 0 Å². The molecule has 3 heteroatoms. The van der Waals surface area contributed by atoms with Crippen LogP contribution < -0.4 is 11.5 Å². The van der Waals surface area contributed by atoms with Crippen LogP contribution in [-0.2, 0) is 0 Å².